The van der Waals surface area contributed by atoms with E-state index in [2.05, 4.69) is 48.6 Å². The van der Waals surface area contributed by atoms with Gasteiger partial charge in [-0.3, -0.25) is 0 Å². The Balaban J connectivity index is 3.02. The van der Waals surface area contributed by atoms with Crippen molar-refractivity contribution in [3.8, 4) is 5.75 Å². The zero-order chi connectivity index (χ0) is 9.14. The van der Waals surface area contributed by atoms with Crippen molar-refractivity contribution in [1.29, 1.82) is 0 Å². The average molecular weight is 276 g/mol. The molecular weight excluding hydrogens is 263 g/mol. The van der Waals surface area contributed by atoms with Crippen molar-refractivity contribution >= 4 is 22.6 Å². The van der Waals surface area contributed by atoms with E-state index in [4.69, 9.17) is 4.74 Å². The molecule has 0 spiro atoms. The van der Waals surface area contributed by atoms with Crippen LogP contribution in [0, 0.1) is 3.57 Å². The highest BCUT2D eigenvalue weighted by Crippen LogP contribution is 2.24. The van der Waals surface area contributed by atoms with E-state index in [9.17, 15) is 0 Å². The molecule has 0 aliphatic rings. The summed E-state index contributed by atoms with van der Waals surface area (Å²) in [6, 6.07) is 6.31. The summed E-state index contributed by atoms with van der Waals surface area (Å²) in [5.74, 6) is 1.55. The minimum absolute atomic E-state index is 0.587. The van der Waals surface area contributed by atoms with Crippen molar-refractivity contribution < 1.29 is 4.74 Å². The van der Waals surface area contributed by atoms with Gasteiger partial charge in [0.05, 0.1) is 10.7 Å². The molecule has 0 aliphatic heterocycles. The van der Waals surface area contributed by atoms with Gasteiger partial charge in [0, 0.05) is 0 Å². The van der Waals surface area contributed by atoms with Crippen LogP contribution in [-0.4, -0.2) is 7.11 Å². The maximum absolute atomic E-state index is 5.17. The van der Waals surface area contributed by atoms with E-state index in [0.29, 0.717) is 5.92 Å². The molecule has 0 unspecified atom stereocenters. The Morgan fingerprint density at radius 2 is 2.00 bits per heavy atom. The molecule has 0 heterocycles. The Kier molecular flexibility index (Phi) is 3.38. The third kappa shape index (κ3) is 2.12. The summed E-state index contributed by atoms with van der Waals surface area (Å²) < 4.78 is 6.35. The fourth-order valence-corrected chi connectivity index (χ4v) is 1.80. The molecule has 0 N–H and O–H groups in total. The summed E-state index contributed by atoms with van der Waals surface area (Å²) in [6.07, 6.45) is 0. The van der Waals surface area contributed by atoms with Gasteiger partial charge >= 0.3 is 0 Å². The van der Waals surface area contributed by atoms with Gasteiger partial charge < -0.3 is 4.74 Å². The number of benzene rings is 1. The topological polar surface area (TPSA) is 9.23 Å². The molecule has 12 heavy (non-hydrogen) atoms. The van der Waals surface area contributed by atoms with Crippen LogP contribution in [0.3, 0.4) is 0 Å². The number of halogens is 1. The Morgan fingerprint density at radius 1 is 1.33 bits per heavy atom. The van der Waals surface area contributed by atoms with Gasteiger partial charge in [-0.25, -0.2) is 0 Å². The molecule has 0 aliphatic carbocycles. The number of rotatable bonds is 2. The van der Waals surface area contributed by atoms with Crippen LogP contribution >= 0.6 is 22.6 Å². The first-order valence-corrected chi connectivity index (χ1v) is 5.06. The lowest BCUT2D eigenvalue weighted by Gasteiger charge is -2.08. The SMILES string of the molecule is COc1ccc(C(C)C)cc1I. The van der Waals surface area contributed by atoms with Gasteiger partial charge in [0.25, 0.3) is 0 Å². The molecular formula is C10H13IO. The third-order valence-electron chi connectivity index (χ3n) is 1.84. The molecule has 2 heteroatoms. The lowest BCUT2D eigenvalue weighted by Crippen LogP contribution is -1.91. The summed E-state index contributed by atoms with van der Waals surface area (Å²) in [4.78, 5) is 0. The maximum Gasteiger partial charge on any atom is 0.132 e. The lowest BCUT2D eigenvalue weighted by atomic mass is 10.0. The molecule has 0 saturated heterocycles. The average Bonchev–Trinajstić information content (AvgIpc) is 2.04. The summed E-state index contributed by atoms with van der Waals surface area (Å²) in [5, 5.41) is 0. The van der Waals surface area contributed by atoms with E-state index in [1.807, 2.05) is 6.07 Å². The first-order chi connectivity index (χ1) is 5.65. The zero-order valence-electron chi connectivity index (χ0n) is 7.60. The van der Waals surface area contributed by atoms with E-state index in [1.54, 1.807) is 7.11 Å². The predicted molar refractivity (Wildman–Crippen MR) is 59.8 cm³/mol. The smallest absolute Gasteiger partial charge is 0.132 e. The fourth-order valence-electron chi connectivity index (χ4n) is 1.04. The quantitative estimate of drug-likeness (QED) is 0.752. The largest absolute Gasteiger partial charge is 0.496 e. The van der Waals surface area contributed by atoms with Crippen LogP contribution in [0.1, 0.15) is 25.3 Å². The molecule has 0 atom stereocenters. The molecule has 0 saturated carbocycles. The van der Waals surface area contributed by atoms with Gasteiger partial charge in [-0.05, 0) is 46.2 Å². The van der Waals surface area contributed by atoms with Crippen molar-refractivity contribution in [3.63, 3.8) is 0 Å². The minimum atomic E-state index is 0.587. The van der Waals surface area contributed by atoms with Crippen molar-refractivity contribution in [2.75, 3.05) is 7.11 Å². The molecule has 0 radical (unpaired) electrons. The molecule has 0 aromatic heterocycles. The summed E-state index contributed by atoms with van der Waals surface area (Å²) in [5.41, 5.74) is 1.36. The molecule has 1 nitrogen and oxygen atoms in total. The van der Waals surface area contributed by atoms with Crippen LogP contribution in [0.2, 0.25) is 0 Å². The van der Waals surface area contributed by atoms with Gasteiger partial charge in [-0.15, -0.1) is 0 Å². The van der Waals surface area contributed by atoms with Crippen molar-refractivity contribution in [2.45, 2.75) is 19.8 Å². The molecule has 1 aromatic rings. The number of methoxy groups -OCH3 is 1. The second-order valence-electron chi connectivity index (χ2n) is 3.05. The van der Waals surface area contributed by atoms with E-state index in [0.717, 1.165) is 5.75 Å². The van der Waals surface area contributed by atoms with Crippen LogP contribution in [0.15, 0.2) is 18.2 Å². The van der Waals surface area contributed by atoms with Crippen molar-refractivity contribution in [1.82, 2.24) is 0 Å². The number of ether oxygens (including phenoxy) is 1. The first kappa shape index (κ1) is 9.84. The Bertz CT molecular complexity index is 269. The van der Waals surface area contributed by atoms with E-state index < -0.39 is 0 Å². The van der Waals surface area contributed by atoms with Crippen LogP contribution < -0.4 is 4.74 Å². The fraction of sp³-hybridized carbons (Fsp3) is 0.400. The van der Waals surface area contributed by atoms with Gasteiger partial charge in [-0.1, -0.05) is 19.9 Å². The molecule has 0 amide bonds. The zero-order valence-corrected chi connectivity index (χ0v) is 9.75. The standard InChI is InChI=1S/C10H13IO/c1-7(2)8-4-5-10(12-3)9(11)6-8/h4-7H,1-3H3. The van der Waals surface area contributed by atoms with Crippen molar-refractivity contribution in [2.24, 2.45) is 0 Å². The molecule has 1 rings (SSSR count). The molecule has 0 fully saturated rings. The van der Waals surface area contributed by atoms with E-state index in [1.165, 1.54) is 9.13 Å². The lowest BCUT2D eigenvalue weighted by molar-refractivity contribution is 0.411. The van der Waals surface area contributed by atoms with Gasteiger partial charge in [-0.2, -0.15) is 0 Å². The Labute approximate surface area is 87.3 Å². The second-order valence-corrected chi connectivity index (χ2v) is 4.21. The van der Waals surface area contributed by atoms with Crippen LogP contribution in [0.25, 0.3) is 0 Å². The Hall–Kier alpha value is -0.250. The van der Waals surface area contributed by atoms with Crippen LogP contribution in [-0.2, 0) is 0 Å². The van der Waals surface area contributed by atoms with Crippen LogP contribution in [0.5, 0.6) is 5.75 Å². The Morgan fingerprint density at radius 3 is 2.42 bits per heavy atom. The molecule has 0 bridgehead atoms. The summed E-state index contributed by atoms with van der Waals surface area (Å²) >= 11 is 2.29. The van der Waals surface area contributed by atoms with E-state index in [-0.39, 0.29) is 0 Å². The van der Waals surface area contributed by atoms with Gasteiger partial charge in [0.2, 0.25) is 0 Å². The predicted octanol–water partition coefficient (Wildman–Crippen LogP) is 3.42. The van der Waals surface area contributed by atoms with Gasteiger partial charge in [0.1, 0.15) is 5.75 Å². The minimum Gasteiger partial charge on any atom is -0.496 e. The highest BCUT2D eigenvalue weighted by Gasteiger charge is 2.03. The molecule has 1 aromatic carbocycles. The number of hydrogen-bond acceptors (Lipinski definition) is 1. The van der Waals surface area contributed by atoms with E-state index >= 15 is 0 Å². The maximum atomic E-state index is 5.17. The first-order valence-electron chi connectivity index (χ1n) is 3.98. The highest BCUT2D eigenvalue weighted by atomic mass is 127. The van der Waals surface area contributed by atoms with Crippen molar-refractivity contribution in [3.05, 3.63) is 27.3 Å². The van der Waals surface area contributed by atoms with Gasteiger partial charge in [0.15, 0.2) is 0 Å². The highest BCUT2D eigenvalue weighted by molar-refractivity contribution is 14.1. The van der Waals surface area contributed by atoms with Crippen LogP contribution in [0.4, 0.5) is 0 Å². The normalized spacial score (nSPS) is 10.4. The summed E-state index contributed by atoms with van der Waals surface area (Å²) in [7, 11) is 1.70. The number of hydrogen-bond donors (Lipinski definition) is 0. The molecule has 66 valence electrons. The third-order valence-corrected chi connectivity index (χ3v) is 2.69. The summed E-state index contributed by atoms with van der Waals surface area (Å²) in [6.45, 7) is 4.38. The monoisotopic (exact) mass is 276 g/mol. The second kappa shape index (κ2) is 4.12.